The first-order chi connectivity index (χ1) is 8.33. The number of hydrogen-bond donors (Lipinski definition) is 0. The molecule has 0 fully saturated rings. The molecule has 0 aromatic heterocycles. The molecule has 2 aromatic carbocycles. The van der Waals surface area contributed by atoms with Crippen molar-refractivity contribution in [1.29, 1.82) is 0 Å². The highest BCUT2D eigenvalue weighted by molar-refractivity contribution is 5.73. The Balaban J connectivity index is 2.44. The summed E-state index contributed by atoms with van der Waals surface area (Å²) in [6, 6.07) is 16.3. The lowest BCUT2D eigenvalue weighted by atomic mass is 10.00. The highest BCUT2D eigenvalue weighted by atomic mass is 16.7. The van der Waals surface area contributed by atoms with Crippen LogP contribution in [0.15, 0.2) is 48.5 Å². The largest absolute Gasteiger partial charge is 0.467 e. The van der Waals surface area contributed by atoms with Gasteiger partial charge in [0.15, 0.2) is 6.79 Å². The van der Waals surface area contributed by atoms with Crippen LogP contribution in [0, 0.1) is 6.92 Å². The molecular formula is C15H16O2. The monoisotopic (exact) mass is 228 g/mol. The molecule has 0 amide bonds. The summed E-state index contributed by atoms with van der Waals surface area (Å²) in [6.45, 7) is 2.35. The third kappa shape index (κ3) is 2.66. The molecule has 0 saturated heterocycles. The Labute approximate surface area is 102 Å². The summed E-state index contributed by atoms with van der Waals surface area (Å²) < 4.78 is 10.6. The van der Waals surface area contributed by atoms with Gasteiger partial charge in [-0.1, -0.05) is 42.5 Å². The molecule has 2 heteroatoms. The van der Waals surface area contributed by atoms with E-state index in [1.165, 1.54) is 5.56 Å². The third-order valence-corrected chi connectivity index (χ3v) is 2.63. The predicted molar refractivity (Wildman–Crippen MR) is 69.1 cm³/mol. The van der Waals surface area contributed by atoms with Gasteiger partial charge < -0.3 is 9.47 Å². The summed E-state index contributed by atoms with van der Waals surface area (Å²) in [7, 11) is 1.62. The molecule has 0 aliphatic carbocycles. The van der Waals surface area contributed by atoms with Crippen LogP contribution >= 0.6 is 0 Å². The lowest BCUT2D eigenvalue weighted by Gasteiger charge is -2.13. The van der Waals surface area contributed by atoms with Crippen LogP contribution < -0.4 is 4.74 Å². The quantitative estimate of drug-likeness (QED) is 0.744. The van der Waals surface area contributed by atoms with Crippen LogP contribution in [0.25, 0.3) is 11.1 Å². The van der Waals surface area contributed by atoms with Crippen LogP contribution in [0.2, 0.25) is 0 Å². The van der Waals surface area contributed by atoms with Crippen molar-refractivity contribution in [2.45, 2.75) is 6.92 Å². The van der Waals surface area contributed by atoms with Gasteiger partial charge in [0.2, 0.25) is 0 Å². The Bertz CT molecular complexity index is 478. The van der Waals surface area contributed by atoms with Gasteiger partial charge in [0.1, 0.15) is 5.75 Å². The van der Waals surface area contributed by atoms with Crippen LogP contribution in [0.1, 0.15) is 5.56 Å². The van der Waals surface area contributed by atoms with Crippen molar-refractivity contribution in [1.82, 2.24) is 0 Å². The first kappa shape index (κ1) is 11.7. The van der Waals surface area contributed by atoms with E-state index in [2.05, 4.69) is 25.1 Å². The fourth-order valence-corrected chi connectivity index (χ4v) is 1.86. The van der Waals surface area contributed by atoms with E-state index in [9.17, 15) is 0 Å². The van der Waals surface area contributed by atoms with Crippen molar-refractivity contribution in [2.75, 3.05) is 13.9 Å². The molecule has 0 bridgehead atoms. The molecule has 0 atom stereocenters. The normalized spacial score (nSPS) is 10.2. The molecule has 0 spiro atoms. The van der Waals surface area contributed by atoms with E-state index in [1.807, 2.05) is 30.3 Å². The zero-order valence-electron chi connectivity index (χ0n) is 10.1. The number of rotatable bonds is 4. The number of benzene rings is 2. The van der Waals surface area contributed by atoms with E-state index < -0.39 is 0 Å². The van der Waals surface area contributed by atoms with Crippen molar-refractivity contribution < 1.29 is 9.47 Å². The summed E-state index contributed by atoms with van der Waals surface area (Å²) in [5, 5.41) is 0. The standard InChI is InChI=1S/C15H16O2/c1-12-7-6-10-14(17-11-16-2)15(12)13-8-4-3-5-9-13/h3-10H,11H2,1-2H3. The molecule has 0 radical (unpaired) electrons. The van der Waals surface area contributed by atoms with Crippen molar-refractivity contribution in [2.24, 2.45) is 0 Å². The first-order valence-corrected chi connectivity index (χ1v) is 5.59. The van der Waals surface area contributed by atoms with Gasteiger partial charge in [0.05, 0.1) is 0 Å². The Kier molecular flexibility index (Phi) is 3.78. The van der Waals surface area contributed by atoms with Gasteiger partial charge in [0, 0.05) is 12.7 Å². The van der Waals surface area contributed by atoms with Gasteiger partial charge in [-0.25, -0.2) is 0 Å². The van der Waals surface area contributed by atoms with Crippen LogP contribution in [-0.4, -0.2) is 13.9 Å². The second-order valence-electron chi connectivity index (χ2n) is 3.86. The van der Waals surface area contributed by atoms with E-state index in [4.69, 9.17) is 9.47 Å². The van der Waals surface area contributed by atoms with Gasteiger partial charge in [-0.3, -0.25) is 0 Å². The molecule has 0 aliphatic rings. The van der Waals surface area contributed by atoms with Crippen LogP contribution in [-0.2, 0) is 4.74 Å². The van der Waals surface area contributed by atoms with Crippen LogP contribution in [0.3, 0.4) is 0 Å². The smallest absolute Gasteiger partial charge is 0.188 e. The molecule has 88 valence electrons. The summed E-state index contributed by atoms with van der Waals surface area (Å²) in [4.78, 5) is 0. The van der Waals surface area contributed by atoms with Gasteiger partial charge in [0.25, 0.3) is 0 Å². The molecule has 0 aliphatic heterocycles. The first-order valence-electron chi connectivity index (χ1n) is 5.59. The number of methoxy groups -OCH3 is 1. The molecule has 0 saturated carbocycles. The Morgan fingerprint density at radius 1 is 0.941 bits per heavy atom. The van der Waals surface area contributed by atoms with E-state index in [-0.39, 0.29) is 6.79 Å². The molecule has 0 heterocycles. The minimum absolute atomic E-state index is 0.267. The molecule has 0 unspecified atom stereocenters. The van der Waals surface area contributed by atoms with Gasteiger partial charge in [-0.2, -0.15) is 0 Å². The van der Waals surface area contributed by atoms with Gasteiger partial charge in [-0.15, -0.1) is 0 Å². The lowest BCUT2D eigenvalue weighted by Crippen LogP contribution is -2.01. The maximum atomic E-state index is 5.60. The number of aryl methyl sites for hydroxylation is 1. The summed E-state index contributed by atoms with van der Waals surface area (Å²) in [5.74, 6) is 0.859. The van der Waals surface area contributed by atoms with Crippen molar-refractivity contribution in [3.63, 3.8) is 0 Å². The maximum Gasteiger partial charge on any atom is 0.188 e. The van der Waals surface area contributed by atoms with Gasteiger partial charge in [-0.05, 0) is 24.1 Å². The van der Waals surface area contributed by atoms with E-state index in [0.717, 1.165) is 16.9 Å². The Morgan fingerprint density at radius 2 is 1.71 bits per heavy atom. The zero-order valence-corrected chi connectivity index (χ0v) is 10.1. The fraction of sp³-hybridized carbons (Fsp3) is 0.200. The summed E-state index contributed by atoms with van der Waals surface area (Å²) in [5.41, 5.74) is 3.49. The lowest BCUT2D eigenvalue weighted by molar-refractivity contribution is 0.0515. The molecule has 2 aromatic rings. The Morgan fingerprint density at radius 3 is 2.41 bits per heavy atom. The minimum Gasteiger partial charge on any atom is -0.467 e. The molecule has 0 N–H and O–H groups in total. The number of ether oxygens (including phenoxy) is 2. The van der Waals surface area contributed by atoms with E-state index >= 15 is 0 Å². The van der Waals surface area contributed by atoms with E-state index in [0.29, 0.717) is 0 Å². The molecular weight excluding hydrogens is 212 g/mol. The number of hydrogen-bond acceptors (Lipinski definition) is 2. The summed E-state index contributed by atoms with van der Waals surface area (Å²) >= 11 is 0. The van der Waals surface area contributed by atoms with Crippen LogP contribution in [0.5, 0.6) is 5.75 Å². The third-order valence-electron chi connectivity index (χ3n) is 2.63. The van der Waals surface area contributed by atoms with E-state index in [1.54, 1.807) is 7.11 Å². The Hall–Kier alpha value is -1.80. The highest BCUT2D eigenvalue weighted by Gasteiger charge is 2.08. The predicted octanol–water partition coefficient (Wildman–Crippen LogP) is 3.64. The second kappa shape index (κ2) is 5.51. The SMILES string of the molecule is COCOc1cccc(C)c1-c1ccccc1. The van der Waals surface area contributed by atoms with Gasteiger partial charge >= 0.3 is 0 Å². The molecule has 2 rings (SSSR count). The van der Waals surface area contributed by atoms with Crippen molar-refractivity contribution in [3.8, 4) is 16.9 Å². The average Bonchev–Trinajstić information content (AvgIpc) is 2.37. The second-order valence-corrected chi connectivity index (χ2v) is 3.86. The molecule has 17 heavy (non-hydrogen) atoms. The maximum absolute atomic E-state index is 5.60. The zero-order chi connectivity index (χ0) is 12.1. The minimum atomic E-state index is 0.267. The fourth-order valence-electron chi connectivity index (χ4n) is 1.86. The highest BCUT2D eigenvalue weighted by Crippen LogP contribution is 2.32. The van der Waals surface area contributed by atoms with Crippen molar-refractivity contribution >= 4 is 0 Å². The van der Waals surface area contributed by atoms with Crippen LogP contribution in [0.4, 0.5) is 0 Å². The average molecular weight is 228 g/mol. The molecule has 2 nitrogen and oxygen atoms in total. The van der Waals surface area contributed by atoms with Crippen molar-refractivity contribution in [3.05, 3.63) is 54.1 Å². The summed E-state index contributed by atoms with van der Waals surface area (Å²) in [6.07, 6.45) is 0. The topological polar surface area (TPSA) is 18.5 Å².